The van der Waals surface area contributed by atoms with Gasteiger partial charge in [-0.25, -0.2) is 4.39 Å². The second-order valence-electron chi connectivity index (χ2n) is 4.28. The van der Waals surface area contributed by atoms with Crippen molar-refractivity contribution in [3.8, 4) is 0 Å². The Kier molecular flexibility index (Phi) is 4.38. The standard InChI is InChI=1S/C14H15ClFNS/c1-9-3-5-11(12(16)7-9)13(17-2)8-10-4-6-14(15)18-10/h3-7,13,17H,8H2,1-2H3. The average molecular weight is 284 g/mol. The number of halogens is 2. The lowest BCUT2D eigenvalue weighted by Crippen LogP contribution is -2.19. The molecule has 96 valence electrons. The zero-order chi connectivity index (χ0) is 13.1. The van der Waals surface area contributed by atoms with Crippen LogP contribution in [0.25, 0.3) is 0 Å². The van der Waals surface area contributed by atoms with Crippen LogP contribution in [-0.4, -0.2) is 7.05 Å². The first-order chi connectivity index (χ1) is 8.60. The molecule has 0 bridgehead atoms. The average Bonchev–Trinajstić information content (AvgIpc) is 2.72. The van der Waals surface area contributed by atoms with Gasteiger partial charge >= 0.3 is 0 Å². The van der Waals surface area contributed by atoms with Crippen molar-refractivity contribution in [3.05, 3.63) is 56.5 Å². The monoisotopic (exact) mass is 283 g/mol. The fraction of sp³-hybridized carbons (Fsp3) is 0.286. The summed E-state index contributed by atoms with van der Waals surface area (Å²) >= 11 is 7.45. The molecule has 0 amide bonds. The van der Waals surface area contributed by atoms with E-state index in [4.69, 9.17) is 11.6 Å². The van der Waals surface area contributed by atoms with E-state index >= 15 is 0 Å². The molecule has 1 heterocycles. The maximum atomic E-state index is 13.9. The van der Waals surface area contributed by atoms with Gasteiger partial charge in [0, 0.05) is 22.9 Å². The van der Waals surface area contributed by atoms with Crippen LogP contribution < -0.4 is 5.32 Å². The lowest BCUT2D eigenvalue weighted by atomic mass is 10.0. The third kappa shape index (κ3) is 3.10. The molecule has 0 saturated heterocycles. The van der Waals surface area contributed by atoms with Gasteiger partial charge < -0.3 is 5.32 Å². The number of hydrogen-bond acceptors (Lipinski definition) is 2. The number of thiophene rings is 1. The van der Waals surface area contributed by atoms with Crippen LogP contribution in [-0.2, 0) is 6.42 Å². The molecule has 1 aromatic carbocycles. The van der Waals surface area contributed by atoms with Gasteiger partial charge in [-0.1, -0.05) is 23.7 Å². The maximum Gasteiger partial charge on any atom is 0.128 e. The van der Waals surface area contributed by atoms with Gasteiger partial charge in [-0.05, 0) is 37.7 Å². The Bertz CT molecular complexity index is 538. The van der Waals surface area contributed by atoms with Gasteiger partial charge in [0.1, 0.15) is 5.82 Å². The molecule has 1 nitrogen and oxygen atoms in total. The number of rotatable bonds is 4. The fourth-order valence-electron chi connectivity index (χ4n) is 1.94. The molecule has 2 rings (SSSR count). The summed E-state index contributed by atoms with van der Waals surface area (Å²) in [7, 11) is 1.85. The summed E-state index contributed by atoms with van der Waals surface area (Å²) < 4.78 is 14.7. The van der Waals surface area contributed by atoms with E-state index in [2.05, 4.69) is 5.32 Å². The molecule has 0 spiro atoms. The summed E-state index contributed by atoms with van der Waals surface area (Å²) in [6, 6.07) is 9.19. The predicted molar refractivity (Wildman–Crippen MR) is 76.0 cm³/mol. The van der Waals surface area contributed by atoms with Crippen molar-refractivity contribution in [2.45, 2.75) is 19.4 Å². The van der Waals surface area contributed by atoms with Crippen molar-refractivity contribution < 1.29 is 4.39 Å². The molecule has 0 saturated carbocycles. The van der Waals surface area contributed by atoms with Crippen molar-refractivity contribution in [3.63, 3.8) is 0 Å². The highest BCUT2D eigenvalue weighted by atomic mass is 35.5. The normalized spacial score (nSPS) is 12.7. The molecule has 0 radical (unpaired) electrons. The van der Waals surface area contributed by atoms with Gasteiger partial charge in [-0.2, -0.15) is 0 Å². The van der Waals surface area contributed by atoms with Crippen molar-refractivity contribution >= 4 is 22.9 Å². The minimum absolute atomic E-state index is 0.0275. The third-order valence-corrected chi connectivity index (χ3v) is 4.17. The molecule has 18 heavy (non-hydrogen) atoms. The quantitative estimate of drug-likeness (QED) is 0.879. The second kappa shape index (κ2) is 5.83. The SMILES string of the molecule is CNC(Cc1ccc(Cl)s1)c1ccc(C)cc1F. The summed E-state index contributed by atoms with van der Waals surface area (Å²) in [5.74, 6) is -0.156. The zero-order valence-electron chi connectivity index (χ0n) is 10.3. The van der Waals surface area contributed by atoms with Crippen LogP contribution in [0.5, 0.6) is 0 Å². The lowest BCUT2D eigenvalue weighted by molar-refractivity contribution is 0.535. The van der Waals surface area contributed by atoms with Crippen molar-refractivity contribution in [1.82, 2.24) is 5.32 Å². The molecule has 0 aliphatic heterocycles. The van der Waals surface area contributed by atoms with E-state index in [0.29, 0.717) is 5.56 Å². The number of likely N-dealkylation sites (N-methyl/N-ethyl adjacent to an activating group) is 1. The van der Waals surface area contributed by atoms with E-state index in [1.807, 2.05) is 38.2 Å². The zero-order valence-corrected chi connectivity index (χ0v) is 11.9. The Morgan fingerprint density at radius 1 is 1.33 bits per heavy atom. The Balaban J connectivity index is 2.22. The number of nitrogens with one attached hydrogen (secondary N) is 1. The Morgan fingerprint density at radius 3 is 2.67 bits per heavy atom. The first kappa shape index (κ1) is 13.5. The van der Waals surface area contributed by atoms with Gasteiger partial charge in [-0.3, -0.25) is 0 Å². The summed E-state index contributed by atoms with van der Waals surface area (Å²) in [5, 5.41) is 3.16. The minimum Gasteiger partial charge on any atom is -0.313 e. The summed E-state index contributed by atoms with van der Waals surface area (Å²) in [4.78, 5) is 1.15. The number of aryl methyl sites for hydroxylation is 1. The van der Waals surface area contributed by atoms with E-state index in [9.17, 15) is 4.39 Å². The molecule has 1 aromatic heterocycles. The van der Waals surface area contributed by atoms with Crippen molar-refractivity contribution in [2.75, 3.05) is 7.05 Å². The minimum atomic E-state index is -0.156. The maximum absolute atomic E-state index is 13.9. The van der Waals surface area contributed by atoms with E-state index in [1.54, 1.807) is 6.07 Å². The Morgan fingerprint density at radius 2 is 2.11 bits per heavy atom. The lowest BCUT2D eigenvalue weighted by Gasteiger charge is -2.17. The molecule has 0 fully saturated rings. The molecule has 0 aliphatic carbocycles. The molecule has 4 heteroatoms. The van der Waals surface area contributed by atoms with E-state index in [-0.39, 0.29) is 11.9 Å². The molecule has 1 atom stereocenters. The molecular weight excluding hydrogens is 269 g/mol. The van der Waals surface area contributed by atoms with Crippen LogP contribution >= 0.6 is 22.9 Å². The first-order valence-electron chi connectivity index (χ1n) is 5.77. The highest BCUT2D eigenvalue weighted by molar-refractivity contribution is 7.16. The Hall–Kier alpha value is -0.900. The van der Waals surface area contributed by atoms with Crippen LogP contribution in [0.15, 0.2) is 30.3 Å². The molecule has 0 aliphatic rings. The van der Waals surface area contributed by atoms with Crippen molar-refractivity contribution in [2.24, 2.45) is 0 Å². The van der Waals surface area contributed by atoms with Gasteiger partial charge in [0.25, 0.3) is 0 Å². The van der Waals surface area contributed by atoms with Gasteiger partial charge in [0.2, 0.25) is 0 Å². The van der Waals surface area contributed by atoms with E-state index in [1.165, 1.54) is 11.3 Å². The Labute approximate surface area is 116 Å². The van der Waals surface area contributed by atoms with Crippen LogP contribution in [0.4, 0.5) is 4.39 Å². The van der Waals surface area contributed by atoms with Gasteiger partial charge in [0.05, 0.1) is 4.34 Å². The van der Waals surface area contributed by atoms with Crippen molar-refractivity contribution in [1.29, 1.82) is 0 Å². The largest absolute Gasteiger partial charge is 0.313 e. The fourth-order valence-corrected chi connectivity index (χ4v) is 3.08. The highest BCUT2D eigenvalue weighted by Crippen LogP contribution is 2.27. The van der Waals surface area contributed by atoms with Crippen LogP contribution in [0.1, 0.15) is 22.0 Å². The van der Waals surface area contributed by atoms with Crippen LogP contribution in [0.3, 0.4) is 0 Å². The molecule has 1 N–H and O–H groups in total. The topological polar surface area (TPSA) is 12.0 Å². The third-order valence-electron chi connectivity index (χ3n) is 2.91. The number of benzene rings is 1. The predicted octanol–water partition coefficient (Wildman–Crippen LogP) is 4.35. The number of hydrogen-bond donors (Lipinski definition) is 1. The smallest absolute Gasteiger partial charge is 0.128 e. The highest BCUT2D eigenvalue weighted by Gasteiger charge is 2.15. The molecule has 1 unspecified atom stereocenters. The first-order valence-corrected chi connectivity index (χ1v) is 6.97. The van der Waals surface area contributed by atoms with Crippen LogP contribution in [0, 0.1) is 12.7 Å². The van der Waals surface area contributed by atoms with Gasteiger partial charge in [-0.15, -0.1) is 11.3 Å². The van der Waals surface area contributed by atoms with E-state index in [0.717, 1.165) is 21.2 Å². The summed E-state index contributed by atoms with van der Waals surface area (Å²) in [6.07, 6.45) is 0.744. The van der Waals surface area contributed by atoms with E-state index < -0.39 is 0 Å². The molecule has 2 aromatic rings. The summed E-state index contributed by atoms with van der Waals surface area (Å²) in [5.41, 5.74) is 1.64. The van der Waals surface area contributed by atoms with Gasteiger partial charge in [0.15, 0.2) is 0 Å². The van der Waals surface area contributed by atoms with Crippen LogP contribution in [0.2, 0.25) is 4.34 Å². The summed E-state index contributed by atoms with van der Waals surface area (Å²) in [6.45, 7) is 1.89. The second-order valence-corrected chi connectivity index (χ2v) is 6.08. The molecular formula is C14H15ClFNS.